The number of aliphatic carboxylic acids is 1. The van der Waals surface area contributed by atoms with E-state index in [0.29, 0.717) is 32.2 Å². The first-order valence-electron chi connectivity index (χ1n) is 14.9. The van der Waals surface area contributed by atoms with Gasteiger partial charge in [0.15, 0.2) is 5.78 Å². The Kier molecular flexibility index (Phi) is 8.62. The van der Waals surface area contributed by atoms with E-state index in [1.165, 1.54) is 0 Å². The zero-order chi connectivity index (χ0) is 28.8. The van der Waals surface area contributed by atoms with Crippen LogP contribution in [0.15, 0.2) is 11.6 Å². The van der Waals surface area contributed by atoms with Crippen LogP contribution in [-0.4, -0.2) is 79.9 Å². The monoisotopic (exact) mass is 563 g/mol. The van der Waals surface area contributed by atoms with Gasteiger partial charge in [0.2, 0.25) is 0 Å². The lowest BCUT2D eigenvalue weighted by molar-refractivity contribution is -0.218. The molecule has 0 amide bonds. The van der Waals surface area contributed by atoms with Gasteiger partial charge in [0.25, 0.3) is 0 Å². The van der Waals surface area contributed by atoms with Crippen LogP contribution in [0.2, 0.25) is 0 Å². The maximum absolute atomic E-state index is 13.9. The maximum Gasteiger partial charge on any atom is 0.506 e. The first-order chi connectivity index (χ1) is 19.1. The molecular formula is C30H45NO9. The summed E-state index contributed by atoms with van der Waals surface area (Å²) < 4.78 is 23.0. The number of hydrogen-bond acceptors (Lipinski definition) is 8. The fourth-order valence-corrected chi connectivity index (χ4v) is 9.39. The van der Waals surface area contributed by atoms with Crippen LogP contribution < -0.4 is 5.73 Å². The Morgan fingerprint density at radius 2 is 1.93 bits per heavy atom. The van der Waals surface area contributed by atoms with Gasteiger partial charge >= 0.3 is 12.1 Å². The van der Waals surface area contributed by atoms with Gasteiger partial charge in [-0.15, -0.1) is 0 Å². The van der Waals surface area contributed by atoms with Gasteiger partial charge < -0.3 is 34.9 Å². The van der Waals surface area contributed by atoms with Crippen LogP contribution >= 0.6 is 0 Å². The Hall–Kier alpha value is -2.01. The van der Waals surface area contributed by atoms with Crippen LogP contribution in [-0.2, 0) is 28.5 Å². The molecule has 4 N–H and O–H groups in total. The smallest absolute Gasteiger partial charge is 0.481 e. The molecule has 3 saturated carbocycles. The second-order valence-corrected chi connectivity index (χ2v) is 13.3. The third-order valence-electron chi connectivity index (χ3n) is 10.6. The third kappa shape index (κ3) is 5.21. The summed E-state index contributed by atoms with van der Waals surface area (Å²) in [5.74, 6) is -1.65. The zero-order valence-electron chi connectivity index (χ0n) is 23.8. The van der Waals surface area contributed by atoms with E-state index in [0.717, 1.165) is 37.7 Å². The quantitative estimate of drug-likeness (QED) is 0.356. The minimum atomic E-state index is -1.36. The first-order valence-corrected chi connectivity index (χ1v) is 14.9. The van der Waals surface area contributed by atoms with E-state index in [4.69, 9.17) is 24.7 Å². The van der Waals surface area contributed by atoms with Crippen LogP contribution in [0.1, 0.15) is 52.4 Å². The van der Waals surface area contributed by atoms with Crippen LogP contribution in [0.4, 0.5) is 4.79 Å². The molecular weight excluding hydrogens is 518 g/mol. The van der Waals surface area contributed by atoms with E-state index in [1.54, 1.807) is 13.2 Å². The summed E-state index contributed by atoms with van der Waals surface area (Å²) in [6, 6.07) is -0.356. The molecule has 4 aliphatic carbocycles. The number of rotatable bonds is 9. The molecule has 1 saturated heterocycles. The van der Waals surface area contributed by atoms with Crippen molar-refractivity contribution in [2.24, 2.45) is 58.5 Å². The molecule has 0 radical (unpaired) electrons. The number of carbonyl (C=O) groups is 3. The van der Waals surface area contributed by atoms with Crippen molar-refractivity contribution in [2.45, 2.75) is 70.6 Å². The van der Waals surface area contributed by atoms with Crippen molar-refractivity contribution in [3.63, 3.8) is 0 Å². The van der Waals surface area contributed by atoms with Crippen molar-refractivity contribution in [3.05, 3.63) is 11.6 Å². The number of carboxylic acids is 1. The van der Waals surface area contributed by atoms with Gasteiger partial charge in [0.05, 0.1) is 44.5 Å². The molecule has 40 heavy (non-hydrogen) atoms. The number of carboxylic acid groups (broad SMARTS) is 2. The summed E-state index contributed by atoms with van der Waals surface area (Å²) in [5, 5.41) is 19.9. The van der Waals surface area contributed by atoms with Crippen LogP contribution in [0.3, 0.4) is 0 Å². The largest absolute Gasteiger partial charge is 0.506 e. The van der Waals surface area contributed by atoms with Gasteiger partial charge in [-0.1, -0.05) is 19.4 Å². The minimum Gasteiger partial charge on any atom is -0.481 e. The Bertz CT molecular complexity index is 1010. The van der Waals surface area contributed by atoms with Crippen molar-refractivity contribution in [3.8, 4) is 0 Å². The molecule has 4 fully saturated rings. The van der Waals surface area contributed by atoms with Crippen molar-refractivity contribution >= 4 is 17.9 Å². The SMILES string of the molecule is COCC(N)CO[C@@H]1C2COC[C@@]3(C[C@H]1OC(=O)O)C1=CC(=O)C4C(CCC(CC(C)C)[C@H]4C(=O)O)C1CCC23. The molecule has 5 aliphatic rings. The van der Waals surface area contributed by atoms with Gasteiger partial charge in [-0.25, -0.2) is 4.79 Å². The molecule has 10 heteroatoms. The van der Waals surface area contributed by atoms with E-state index < -0.39 is 41.6 Å². The van der Waals surface area contributed by atoms with Crippen LogP contribution in [0.5, 0.6) is 0 Å². The lowest BCUT2D eigenvalue weighted by Gasteiger charge is -2.62. The van der Waals surface area contributed by atoms with E-state index in [2.05, 4.69) is 13.8 Å². The molecule has 0 aromatic carbocycles. The predicted octanol–water partition coefficient (Wildman–Crippen LogP) is 3.37. The van der Waals surface area contributed by atoms with Gasteiger partial charge in [0, 0.05) is 24.4 Å². The molecule has 224 valence electrons. The van der Waals surface area contributed by atoms with Gasteiger partial charge in [0.1, 0.15) is 6.10 Å². The fraction of sp³-hybridized carbons (Fsp3) is 0.833. The number of nitrogens with two attached hydrogens (primary N) is 1. The van der Waals surface area contributed by atoms with Gasteiger partial charge in [-0.2, -0.15) is 0 Å². The first kappa shape index (κ1) is 29.5. The average molecular weight is 564 g/mol. The van der Waals surface area contributed by atoms with Gasteiger partial charge in [-0.3, -0.25) is 9.59 Å². The van der Waals surface area contributed by atoms with Gasteiger partial charge in [-0.05, 0) is 74.2 Å². The molecule has 10 nitrogen and oxygen atoms in total. The highest BCUT2D eigenvalue weighted by molar-refractivity contribution is 5.97. The number of hydrogen-bond donors (Lipinski definition) is 3. The van der Waals surface area contributed by atoms with Crippen LogP contribution in [0, 0.1) is 52.8 Å². The average Bonchev–Trinajstić information content (AvgIpc) is 2.87. The molecule has 1 aliphatic heterocycles. The lowest BCUT2D eigenvalue weighted by Crippen LogP contribution is -2.64. The minimum absolute atomic E-state index is 0.0000365. The number of carbonyl (C=O) groups excluding carboxylic acids is 1. The topological polar surface area (TPSA) is 155 Å². The zero-order valence-corrected chi connectivity index (χ0v) is 23.8. The summed E-state index contributed by atoms with van der Waals surface area (Å²) in [7, 11) is 1.57. The van der Waals surface area contributed by atoms with E-state index >= 15 is 0 Å². The highest BCUT2D eigenvalue weighted by atomic mass is 16.7. The summed E-state index contributed by atoms with van der Waals surface area (Å²) >= 11 is 0. The normalized spacial score (nSPS) is 41.3. The van der Waals surface area contributed by atoms with Crippen molar-refractivity contribution < 1.29 is 43.5 Å². The number of methoxy groups -OCH3 is 1. The molecule has 5 rings (SSSR count). The van der Waals surface area contributed by atoms with Crippen molar-refractivity contribution in [1.82, 2.24) is 0 Å². The Balaban J connectivity index is 1.47. The number of ketones is 1. The second-order valence-electron chi connectivity index (χ2n) is 13.3. The highest BCUT2D eigenvalue weighted by Crippen LogP contribution is 2.64. The van der Waals surface area contributed by atoms with Crippen molar-refractivity contribution in [1.29, 1.82) is 0 Å². The fourth-order valence-electron chi connectivity index (χ4n) is 9.39. The molecule has 7 unspecified atom stereocenters. The Morgan fingerprint density at radius 1 is 1.15 bits per heavy atom. The van der Waals surface area contributed by atoms with E-state index in [1.807, 2.05) is 0 Å². The molecule has 11 atom stereocenters. The highest BCUT2D eigenvalue weighted by Gasteiger charge is 2.64. The summed E-state index contributed by atoms with van der Waals surface area (Å²) in [6.07, 6.45) is 3.75. The Morgan fingerprint density at radius 3 is 2.60 bits per heavy atom. The summed E-state index contributed by atoms with van der Waals surface area (Å²) in [5.41, 5.74) is 6.61. The van der Waals surface area contributed by atoms with Crippen LogP contribution in [0.25, 0.3) is 0 Å². The summed E-state index contributed by atoms with van der Waals surface area (Å²) in [6.45, 7) is 5.55. The lowest BCUT2D eigenvalue weighted by atomic mass is 9.45. The molecule has 0 aromatic rings. The standard InChI is InChI=1S/C30H45NO9/c1-15(2)8-16-4-5-19-18-6-7-21-20-13-38-14-30(21,22(18)9-23(32)26(19)25(16)28(33)34)10-24(40-29(35)36)27(20)39-12-17(31)11-37-3/h9,15-21,24-27H,4-8,10-14,31H2,1-3H3,(H,33,34)(H,35,36)/t16?,17?,18?,19?,20?,21?,24-,25-,26?,27-,30-/m1/s1. The van der Waals surface area contributed by atoms with E-state index in [9.17, 15) is 24.6 Å². The third-order valence-corrected chi connectivity index (χ3v) is 10.6. The molecule has 0 aromatic heterocycles. The predicted molar refractivity (Wildman–Crippen MR) is 143 cm³/mol. The maximum atomic E-state index is 13.9. The molecule has 1 heterocycles. The Labute approximate surface area is 235 Å². The summed E-state index contributed by atoms with van der Waals surface area (Å²) in [4.78, 5) is 38.2. The molecule has 0 spiro atoms. The van der Waals surface area contributed by atoms with Crippen molar-refractivity contribution in [2.75, 3.05) is 33.5 Å². The second kappa shape index (κ2) is 11.7. The van der Waals surface area contributed by atoms with E-state index in [-0.39, 0.29) is 48.0 Å². The number of allylic oxidation sites excluding steroid dienone is 1. The number of ether oxygens (including phenoxy) is 4. The molecule has 2 bridgehead atoms. The number of fused-ring (bicyclic) bond motifs is 3.